The average Bonchev–Trinajstić information content (AvgIpc) is 2.93. The van der Waals surface area contributed by atoms with Crippen LogP contribution in [0.4, 0.5) is 4.79 Å². The number of fused-ring (bicyclic) bond motifs is 1. The SMILES string of the molecule is CCCn1c([C@H]2NC(=O)NC(C)=C2C(=O)OCC)nc2ccccc21. The highest BCUT2D eigenvalue weighted by atomic mass is 16.5. The number of hydrogen-bond acceptors (Lipinski definition) is 4. The number of esters is 1. The number of para-hydroxylation sites is 2. The lowest BCUT2D eigenvalue weighted by atomic mass is 10.0. The third-order valence-electron chi connectivity index (χ3n) is 4.15. The Labute approximate surface area is 146 Å². The molecule has 1 atom stereocenters. The summed E-state index contributed by atoms with van der Waals surface area (Å²) in [6, 6.07) is 6.79. The first-order valence-electron chi connectivity index (χ1n) is 8.47. The van der Waals surface area contributed by atoms with Crippen molar-refractivity contribution in [3.63, 3.8) is 0 Å². The van der Waals surface area contributed by atoms with Gasteiger partial charge in [0.1, 0.15) is 11.9 Å². The highest BCUT2D eigenvalue weighted by Crippen LogP contribution is 2.30. The lowest BCUT2D eigenvalue weighted by Gasteiger charge is -2.27. The normalized spacial score (nSPS) is 17.4. The number of ether oxygens (including phenoxy) is 1. The number of carbonyl (C=O) groups excluding carboxylic acids is 2. The Kier molecular flexibility index (Phi) is 4.74. The van der Waals surface area contributed by atoms with E-state index in [1.54, 1.807) is 13.8 Å². The maximum absolute atomic E-state index is 12.5. The minimum atomic E-state index is -0.647. The summed E-state index contributed by atoms with van der Waals surface area (Å²) >= 11 is 0. The van der Waals surface area contributed by atoms with Crippen molar-refractivity contribution in [2.24, 2.45) is 0 Å². The molecule has 2 heterocycles. The monoisotopic (exact) mass is 342 g/mol. The van der Waals surface area contributed by atoms with Crippen LogP contribution in [-0.4, -0.2) is 28.2 Å². The largest absolute Gasteiger partial charge is 0.463 e. The molecule has 2 N–H and O–H groups in total. The second-order valence-electron chi connectivity index (χ2n) is 5.90. The number of amides is 2. The third kappa shape index (κ3) is 3.09. The van der Waals surface area contributed by atoms with Crippen LogP contribution in [0.3, 0.4) is 0 Å². The van der Waals surface area contributed by atoms with E-state index in [0.717, 1.165) is 24.0 Å². The van der Waals surface area contributed by atoms with Gasteiger partial charge in [-0.05, 0) is 32.4 Å². The predicted octanol–water partition coefficient (Wildman–Crippen LogP) is 2.64. The van der Waals surface area contributed by atoms with E-state index in [-0.39, 0.29) is 12.6 Å². The van der Waals surface area contributed by atoms with Gasteiger partial charge in [-0.3, -0.25) is 0 Å². The first-order chi connectivity index (χ1) is 12.1. The van der Waals surface area contributed by atoms with Crippen molar-refractivity contribution < 1.29 is 14.3 Å². The van der Waals surface area contributed by atoms with Crippen LogP contribution in [0.5, 0.6) is 0 Å². The number of benzene rings is 1. The fourth-order valence-corrected chi connectivity index (χ4v) is 3.14. The summed E-state index contributed by atoms with van der Waals surface area (Å²) in [5, 5.41) is 5.47. The fourth-order valence-electron chi connectivity index (χ4n) is 3.14. The van der Waals surface area contributed by atoms with E-state index in [0.29, 0.717) is 17.1 Å². The Balaban J connectivity index is 2.16. The number of aromatic nitrogens is 2. The molecular formula is C18H22N4O3. The van der Waals surface area contributed by atoms with Gasteiger partial charge in [0, 0.05) is 12.2 Å². The Morgan fingerprint density at radius 2 is 2.08 bits per heavy atom. The van der Waals surface area contributed by atoms with Gasteiger partial charge in [0.15, 0.2) is 0 Å². The first-order valence-corrected chi connectivity index (χ1v) is 8.47. The molecule has 7 nitrogen and oxygen atoms in total. The molecule has 25 heavy (non-hydrogen) atoms. The van der Waals surface area contributed by atoms with Gasteiger partial charge in [-0.25, -0.2) is 14.6 Å². The van der Waals surface area contributed by atoms with Crippen LogP contribution >= 0.6 is 0 Å². The number of imidazole rings is 1. The van der Waals surface area contributed by atoms with E-state index in [1.165, 1.54) is 0 Å². The second-order valence-corrected chi connectivity index (χ2v) is 5.90. The van der Waals surface area contributed by atoms with E-state index < -0.39 is 12.0 Å². The van der Waals surface area contributed by atoms with Gasteiger partial charge < -0.3 is 19.9 Å². The van der Waals surface area contributed by atoms with Crippen molar-refractivity contribution in [2.45, 2.75) is 39.8 Å². The zero-order valence-corrected chi connectivity index (χ0v) is 14.6. The highest BCUT2D eigenvalue weighted by molar-refractivity contribution is 5.95. The predicted molar refractivity (Wildman–Crippen MR) is 93.8 cm³/mol. The number of allylic oxidation sites excluding steroid dienone is 1. The van der Waals surface area contributed by atoms with Gasteiger partial charge in [0.05, 0.1) is 23.2 Å². The summed E-state index contributed by atoms with van der Waals surface area (Å²) in [6.45, 7) is 6.54. The summed E-state index contributed by atoms with van der Waals surface area (Å²) in [7, 11) is 0. The van der Waals surface area contributed by atoms with Crippen LogP contribution in [0.2, 0.25) is 0 Å². The summed E-state index contributed by atoms with van der Waals surface area (Å²) in [6.07, 6.45) is 0.906. The van der Waals surface area contributed by atoms with Crippen molar-refractivity contribution in [3.05, 3.63) is 41.4 Å². The van der Waals surface area contributed by atoms with E-state index >= 15 is 0 Å². The molecule has 3 rings (SSSR count). The van der Waals surface area contributed by atoms with Gasteiger partial charge in [-0.15, -0.1) is 0 Å². The number of aryl methyl sites for hydroxylation is 1. The molecule has 0 radical (unpaired) electrons. The Bertz CT molecular complexity index is 853. The smallest absolute Gasteiger partial charge is 0.338 e. The van der Waals surface area contributed by atoms with E-state index in [4.69, 9.17) is 9.72 Å². The topological polar surface area (TPSA) is 85.2 Å². The van der Waals surface area contributed by atoms with Gasteiger partial charge in [0.25, 0.3) is 0 Å². The Hall–Kier alpha value is -2.83. The lowest BCUT2D eigenvalue weighted by molar-refractivity contribution is -0.139. The number of hydrogen-bond donors (Lipinski definition) is 2. The van der Waals surface area contributed by atoms with Crippen LogP contribution in [0, 0.1) is 0 Å². The van der Waals surface area contributed by atoms with Gasteiger partial charge >= 0.3 is 12.0 Å². The molecule has 0 aliphatic carbocycles. The number of carbonyl (C=O) groups is 2. The molecule has 7 heteroatoms. The van der Waals surface area contributed by atoms with Gasteiger partial charge in [0.2, 0.25) is 0 Å². The molecule has 2 aromatic rings. The molecule has 0 saturated heterocycles. The van der Waals surface area contributed by atoms with Gasteiger partial charge in [-0.2, -0.15) is 0 Å². The second kappa shape index (κ2) is 6.96. The van der Waals surface area contributed by atoms with Crippen LogP contribution < -0.4 is 10.6 Å². The maximum Gasteiger partial charge on any atom is 0.338 e. The van der Waals surface area contributed by atoms with Crippen molar-refractivity contribution in [1.29, 1.82) is 0 Å². The van der Waals surface area contributed by atoms with Crippen LogP contribution in [0.1, 0.15) is 39.1 Å². The Morgan fingerprint density at radius 3 is 2.80 bits per heavy atom. The van der Waals surface area contributed by atoms with Crippen molar-refractivity contribution in [1.82, 2.24) is 20.2 Å². The van der Waals surface area contributed by atoms with Crippen molar-refractivity contribution in [3.8, 4) is 0 Å². The molecule has 0 fully saturated rings. The standard InChI is InChI=1S/C18H22N4O3/c1-4-10-22-13-9-7-6-8-12(13)20-16(22)15-14(17(23)25-5-2)11(3)19-18(24)21-15/h6-9,15H,4-5,10H2,1-3H3,(H2,19,21,24)/t15-/m0/s1. The molecule has 0 bridgehead atoms. The highest BCUT2D eigenvalue weighted by Gasteiger charge is 2.35. The zero-order valence-electron chi connectivity index (χ0n) is 14.6. The van der Waals surface area contributed by atoms with E-state index in [9.17, 15) is 9.59 Å². The van der Waals surface area contributed by atoms with E-state index in [1.807, 2.05) is 24.3 Å². The lowest BCUT2D eigenvalue weighted by Crippen LogP contribution is -2.46. The average molecular weight is 342 g/mol. The van der Waals surface area contributed by atoms with Crippen molar-refractivity contribution >= 4 is 23.0 Å². The summed E-state index contributed by atoms with van der Waals surface area (Å²) in [5.74, 6) is 0.188. The number of rotatable bonds is 5. The number of nitrogens with one attached hydrogen (secondary N) is 2. The molecular weight excluding hydrogens is 320 g/mol. The minimum absolute atomic E-state index is 0.266. The molecule has 0 unspecified atom stereocenters. The van der Waals surface area contributed by atoms with E-state index in [2.05, 4.69) is 22.1 Å². The summed E-state index contributed by atoms with van der Waals surface area (Å²) in [4.78, 5) is 29.2. The summed E-state index contributed by atoms with van der Waals surface area (Å²) < 4.78 is 7.24. The summed E-state index contributed by atoms with van der Waals surface area (Å²) in [5.41, 5.74) is 2.68. The molecule has 1 aromatic carbocycles. The Morgan fingerprint density at radius 1 is 1.32 bits per heavy atom. The number of nitrogens with zero attached hydrogens (tertiary/aromatic N) is 2. The third-order valence-corrected chi connectivity index (χ3v) is 4.15. The van der Waals surface area contributed by atoms with Gasteiger partial charge in [-0.1, -0.05) is 19.1 Å². The quantitative estimate of drug-likeness (QED) is 0.818. The molecule has 1 aliphatic heterocycles. The van der Waals surface area contributed by atoms with Crippen LogP contribution in [0.15, 0.2) is 35.5 Å². The van der Waals surface area contributed by atoms with Crippen LogP contribution in [-0.2, 0) is 16.1 Å². The molecule has 1 aliphatic rings. The minimum Gasteiger partial charge on any atom is -0.463 e. The zero-order chi connectivity index (χ0) is 18.0. The maximum atomic E-state index is 12.5. The van der Waals surface area contributed by atoms with Crippen molar-refractivity contribution in [2.75, 3.05) is 6.61 Å². The molecule has 0 saturated carbocycles. The molecule has 132 valence electrons. The molecule has 0 spiro atoms. The molecule has 1 aromatic heterocycles. The van der Waals surface area contributed by atoms with Crippen LogP contribution in [0.25, 0.3) is 11.0 Å². The fraction of sp³-hybridized carbons (Fsp3) is 0.389. The number of urea groups is 1. The first kappa shape index (κ1) is 17.0. The molecule has 2 amide bonds.